The molecule has 0 spiro atoms. The van der Waals surface area contributed by atoms with Gasteiger partial charge in [-0.1, -0.05) is 135 Å². The fourth-order valence-corrected chi connectivity index (χ4v) is 12.5. The Labute approximate surface area is 235 Å². The molecule has 0 radical (unpaired) electrons. The number of hydrogen-bond donors (Lipinski definition) is 0. The molecule has 1 aromatic carbocycles. The van der Waals surface area contributed by atoms with Crippen molar-refractivity contribution in [3.8, 4) is 0 Å². The van der Waals surface area contributed by atoms with Gasteiger partial charge < -0.3 is 17.3 Å². The molecule has 0 N–H and O–H groups in total. The second-order valence-electron chi connectivity index (χ2n) is 10.6. The zero-order valence-corrected chi connectivity index (χ0v) is 25.6. The zero-order valence-electron chi connectivity index (χ0n) is 21.5. The molecule has 6 heteroatoms. The van der Waals surface area contributed by atoms with Crippen LogP contribution in [0.2, 0.25) is 18.6 Å². The van der Waals surface area contributed by atoms with E-state index in [4.69, 9.17) is 23.9 Å². The van der Waals surface area contributed by atoms with E-state index >= 15 is 0 Å². The first kappa shape index (κ1) is 28.1. The molecular formula is C30H36Cl2N2SiTi-2. The summed E-state index contributed by atoms with van der Waals surface area (Å²) in [6.07, 6.45) is 26.4. The van der Waals surface area contributed by atoms with E-state index in [1.165, 1.54) is 11.1 Å². The SMILES string of the molecule is C[C@H]1[N-]C2C(c3ccccc3)=CC=C[C@H]2N1[Si](C)(C)C1C2C=CC=CC2C2C=CC=CC21.[CH3-].[Cl][Ti][Cl]. The van der Waals surface area contributed by atoms with E-state index in [9.17, 15) is 0 Å². The zero-order chi connectivity index (χ0) is 24.6. The van der Waals surface area contributed by atoms with E-state index in [0.717, 1.165) is 0 Å². The number of rotatable bonds is 3. The molecular weight excluding hydrogens is 535 g/mol. The van der Waals surface area contributed by atoms with Crippen LogP contribution in [-0.4, -0.2) is 31.1 Å². The van der Waals surface area contributed by atoms with Crippen LogP contribution in [0.1, 0.15) is 12.5 Å². The molecule has 0 bridgehead atoms. The maximum atomic E-state index is 5.37. The van der Waals surface area contributed by atoms with Crippen molar-refractivity contribution < 1.29 is 17.0 Å². The van der Waals surface area contributed by atoms with E-state index in [1.54, 1.807) is 0 Å². The van der Waals surface area contributed by atoms with E-state index < -0.39 is 25.3 Å². The monoisotopic (exact) mass is 570 g/mol. The van der Waals surface area contributed by atoms with Gasteiger partial charge in [-0.3, -0.25) is 0 Å². The van der Waals surface area contributed by atoms with Crippen LogP contribution in [0.25, 0.3) is 10.9 Å². The second kappa shape index (κ2) is 11.9. The van der Waals surface area contributed by atoms with Gasteiger partial charge in [-0.25, -0.2) is 0 Å². The average Bonchev–Trinajstić information content (AvgIpc) is 3.40. The Morgan fingerprint density at radius 1 is 0.806 bits per heavy atom. The minimum absolute atomic E-state index is 0. The van der Waals surface area contributed by atoms with Gasteiger partial charge in [0.2, 0.25) is 0 Å². The molecule has 6 rings (SSSR count). The van der Waals surface area contributed by atoms with Crippen molar-refractivity contribution in [3.05, 3.63) is 115 Å². The molecule has 1 aromatic rings. The fraction of sp³-hybridized carbons (Fsp3) is 0.367. The van der Waals surface area contributed by atoms with Gasteiger partial charge in [0.25, 0.3) is 0 Å². The first-order chi connectivity index (χ1) is 17.0. The van der Waals surface area contributed by atoms with Gasteiger partial charge in [-0.15, -0.1) is 0 Å². The van der Waals surface area contributed by atoms with Gasteiger partial charge in [0.15, 0.2) is 0 Å². The van der Waals surface area contributed by atoms with Crippen LogP contribution in [0, 0.1) is 31.1 Å². The van der Waals surface area contributed by atoms with E-state index in [1.807, 2.05) is 0 Å². The number of nitrogens with zero attached hydrogens (tertiary/aromatic N) is 2. The first-order valence-electron chi connectivity index (χ1n) is 12.6. The number of hydrogen-bond acceptors (Lipinski definition) is 1. The summed E-state index contributed by atoms with van der Waals surface area (Å²) in [6, 6.07) is 11.5. The van der Waals surface area contributed by atoms with Crippen LogP contribution in [-0.2, 0) is 17.0 Å². The molecule has 36 heavy (non-hydrogen) atoms. The van der Waals surface area contributed by atoms with Crippen molar-refractivity contribution in [3.63, 3.8) is 0 Å². The number of benzene rings is 1. The predicted octanol–water partition coefficient (Wildman–Crippen LogP) is 8.54. The Kier molecular flexibility index (Phi) is 9.26. The predicted molar refractivity (Wildman–Crippen MR) is 156 cm³/mol. The van der Waals surface area contributed by atoms with Crippen molar-refractivity contribution in [2.75, 3.05) is 0 Å². The Morgan fingerprint density at radius 2 is 1.33 bits per heavy atom. The van der Waals surface area contributed by atoms with Crippen molar-refractivity contribution in [2.24, 2.45) is 23.7 Å². The normalized spacial score (nSPS) is 35.6. The van der Waals surface area contributed by atoms with Gasteiger partial charge in [-0.2, -0.15) is 0 Å². The van der Waals surface area contributed by atoms with Crippen LogP contribution in [0.3, 0.4) is 0 Å². The summed E-state index contributed by atoms with van der Waals surface area (Å²) in [7, 11) is 7.91. The summed E-state index contributed by atoms with van der Waals surface area (Å²) < 4.78 is 2.87. The standard InChI is InChI=1S/C29H33N2Si.CH3.2ClH.Ti/c1-20-30-28-22(21-12-5-4-6-13-21)18-11-19-27(28)31(20)32(2,3)29-25-16-9-7-14-23(25)24-15-8-10-17-26(24)29;;;;/h4-20,23-29H,1-3H3;1H3;2*1H;/q2*-1;;;+2/p-2/t20-,23?,24?,25?,26?,27+,28?,29?;;;;/m0..../s1. The molecule has 1 heterocycles. The Hall–Kier alpha value is -0.909. The summed E-state index contributed by atoms with van der Waals surface area (Å²) in [5.41, 5.74) is 3.38. The Balaban J connectivity index is 0.000000726. The average molecular weight is 571 g/mol. The van der Waals surface area contributed by atoms with Gasteiger partial charge in [-0.05, 0) is 34.8 Å². The van der Waals surface area contributed by atoms with Crippen LogP contribution in [0.4, 0.5) is 0 Å². The summed E-state index contributed by atoms with van der Waals surface area (Å²) in [4.78, 5) is 0. The van der Waals surface area contributed by atoms with E-state index in [2.05, 4.69) is 122 Å². The summed E-state index contributed by atoms with van der Waals surface area (Å²) in [6.45, 7) is 7.58. The van der Waals surface area contributed by atoms with E-state index in [-0.39, 0.29) is 19.6 Å². The molecule has 5 aliphatic rings. The Morgan fingerprint density at radius 3 is 1.89 bits per heavy atom. The molecule has 2 nitrogen and oxygen atoms in total. The van der Waals surface area contributed by atoms with Gasteiger partial charge in [0.1, 0.15) is 8.24 Å². The minimum atomic E-state index is -1.86. The molecule has 7 atom stereocenters. The molecule has 0 aromatic heterocycles. The number of fused-ring (bicyclic) bond motifs is 4. The summed E-state index contributed by atoms with van der Waals surface area (Å²) in [5.74, 6) is 2.53. The third-order valence-corrected chi connectivity index (χ3v) is 13.0. The summed E-state index contributed by atoms with van der Waals surface area (Å²) in [5, 5.41) is 5.37. The van der Waals surface area contributed by atoms with Gasteiger partial charge in [0, 0.05) is 6.04 Å². The molecule has 1 saturated carbocycles. The number of halogens is 2. The van der Waals surface area contributed by atoms with Gasteiger partial charge in [0.05, 0.1) is 0 Å². The van der Waals surface area contributed by atoms with Crippen molar-refractivity contribution in [1.29, 1.82) is 0 Å². The third-order valence-electron chi connectivity index (χ3n) is 8.63. The van der Waals surface area contributed by atoms with Crippen LogP contribution < -0.4 is 0 Å². The molecule has 1 saturated heterocycles. The maximum absolute atomic E-state index is 5.37. The second-order valence-corrected chi connectivity index (χ2v) is 17.7. The van der Waals surface area contributed by atoms with Gasteiger partial charge >= 0.3 is 35.6 Å². The van der Waals surface area contributed by atoms with Crippen molar-refractivity contribution in [1.82, 2.24) is 4.57 Å². The first-order valence-corrected chi connectivity index (χ1v) is 19.9. The molecule has 1 aliphatic heterocycles. The van der Waals surface area contributed by atoms with E-state index in [0.29, 0.717) is 35.3 Å². The van der Waals surface area contributed by atoms with Crippen LogP contribution in [0.5, 0.6) is 0 Å². The summed E-state index contributed by atoms with van der Waals surface area (Å²) >= 11 is -0.556. The van der Waals surface area contributed by atoms with Crippen LogP contribution >= 0.6 is 18.6 Å². The quantitative estimate of drug-likeness (QED) is 0.263. The van der Waals surface area contributed by atoms with Crippen LogP contribution in [0.15, 0.2) is 97.2 Å². The molecule has 190 valence electrons. The fourth-order valence-electron chi connectivity index (χ4n) is 7.53. The molecule has 5 unspecified atom stereocenters. The van der Waals surface area contributed by atoms with Crippen molar-refractivity contribution in [2.45, 2.75) is 43.8 Å². The number of allylic oxidation sites excluding steroid dienone is 10. The van der Waals surface area contributed by atoms with Crippen molar-refractivity contribution >= 4 is 32.4 Å². The third kappa shape index (κ3) is 4.94. The molecule has 2 fully saturated rings. The molecule has 0 amide bonds. The topological polar surface area (TPSA) is 17.3 Å². The Bertz CT molecular complexity index is 1060. The molecule has 4 aliphatic carbocycles.